The third-order valence-corrected chi connectivity index (χ3v) is 2.44. The number of thiol groups is 1. The van der Waals surface area contributed by atoms with Gasteiger partial charge in [-0.05, 0) is 24.6 Å². The zero-order chi connectivity index (χ0) is 10.6. The molecule has 14 heavy (non-hydrogen) atoms. The van der Waals surface area contributed by atoms with Crippen molar-refractivity contribution in [3.8, 4) is 0 Å². The number of carbonyl (C=O) groups is 1. The molecule has 0 atom stereocenters. The maximum absolute atomic E-state index is 11.5. The number of hydrogen-bond donors (Lipinski definition) is 2. The lowest BCUT2D eigenvalue weighted by molar-refractivity contribution is 0.0981. The Labute approximate surface area is 90.1 Å². The molecule has 0 radical (unpaired) electrons. The number of hydrogen-bond acceptors (Lipinski definition) is 3. The molecule has 0 fully saturated rings. The van der Waals surface area contributed by atoms with Crippen molar-refractivity contribution in [3.63, 3.8) is 0 Å². The molecular weight excluding hydrogens is 194 g/mol. The molecule has 1 aromatic carbocycles. The highest BCUT2D eigenvalue weighted by Crippen LogP contribution is 2.21. The molecule has 76 valence electrons. The molecule has 0 saturated heterocycles. The smallest absolute Gasteiger partial charge is 0.162 e. The predicted molar refractivity (Wildman–Crippen MR) is 62.5 cm³/mol. The van der Waals surface area contributed by atoms with Gasteiger partial charge < -0.3 is 5.32 Å². The first-order valence-corrected chi connectivity index (χ1v) is 5.17. The highest BCUT2D eigenvalue weighted by Gasteiger charge is 2.06. The molecule has 1 N–H and O–H groups in total. The summed E-state index contributed by atoms with van der Waals surface area (Å²) in [4.78, 5) is 12.4. The van der Waals surface area contributed by atoms with E-state index in [4.69, 9.17) is 0 Å². The molecular formula is C11H15NOS. The fourth-order valence-electron chi connectivity index (χ4n) is 1.29. The second kappa shape index (κ2) is 5.05. The number of rotatable bonds is 4. The van der Waals surface area contributed by atoms with Gasteiger partial charge in [0.25, 0.3) is 0 Å². The van der Waals surface area contributed by atoms with E-state index < -0.39 is 0 Å². The fourth-order valence-corrected chi connectivity index (χ4v) is 1.61. The molecule has 3 heteroatoms. The number of carbonyl (C=O) groups excluding carboxylic acids is 1. The van der Waals surface area contributed by atoms with Crippen molar-refractivity contribution in [3.05, 3.63) is 23.8 Å². The third kappa shape index (κ3) is 2.51. The van der Waals surface area contributed by atoms with Crippen molar-refractivity contribution < 1.29 is 4.79 Å². The molecule has 0 bridgehead atoms. The van der Waals surface area contributed by atoms with Crippen LogP contribution in [0.4, 0.5) is 5.69 Å². The topological polar surface area (TPSA) is 29.1 Å². The molecule has 0 unspecified atom stereocenters. The zero-order valence-corrected chi connectivity index (χ0v) is 9.40. The first kappa shape index (κ1) is 11.1. The summed E-state index contributed by atoms with van der Waals surface area (Å²) < 4.78 is 0. The summed E-state index contributed by atoms with van der Waals surface area (Å²) in [6, 6.07) is 5.53. The predicted octanol–water partition coefficient (Wildman–Crippen LogP) is 3.00. The molecule has 0 spiro atoms. The Hall–Kier alpha value is -0.960. The number of anilines is 1. The van der Waals surface area contributed by atoms with Gasteiger partial charge in [-0.2, -0.15) is 0 Å². The van der Waals surface area contributed by atoms with Crippen LogP contribution in [0.2, 0.25) is 0 Å². The molecule has 1 rings (SSSR count). The van der Waals surface area contributed by atoms with Crippen molar-refractivity contribution >= 4 is 24.1 Å². The lowest BCUT2D eigenvalue weighted by Gasteiger charge is -2.06. The van der Waals surface area contributed by atoms with Gasteiger partial charge in [0.2, 0.25) is 0 Å². The van der Waals surface area contributed by atoms with Crippen LogP contribution >= 0.6 is 12.6 Å². The van der Waals surface area contributed by atoms with Crippen LogP contribution in [-0.2, 0) is 0 Å². The van der Waals surface area contributed by atoms with Crippen molar-refractivity contribution in [1.29, 1.82) is 0 Å². The summed E-state index contributed by atoms with van der Waals surface area (Å²) in [5, 5.41) is 3.01. The van der Waals surface area contributed by atoms with Crippen molar-refractivity contribution in [2.75, 3.05) is 12.4 Å². The van der Waals surface area contributed by atoms with E-state index in [-0.39, 0.29) is 5.78 Å². The largest absolute Gasteiger partial charge is 0.387 e. The van der Waals surface area contributed by atoms with Gasteiger partial charge in [0.15, 0.2) is 5.78 Å². The van der Waals surface area contributed by atoms with E-state index in [1.165, 1.54) is 0 Å². The van der Waals surface area contributed by atoms with Gasteiger partial charge in [-0.15, -0.1) is 12.6 Å². The quantitative estimate of drug-likeness (QED) is 0.589. The number of Topliss-reactive ketones (excluding diaryl/α,β-unsaturated/α-hetero) is 1. The van der Waals surface area contributed by atoms with Crippen molar-refractivity contribution in [1.82, 2.24) is 0 Å². The summed E-state index contributed by atoms with van der Waals surface area (Å²) in [5.74, 6) is 0.186. The maximum atomic E-state index is 11.5. The Morgan fingerprint density at radius 1 is 1.50 bits per heavy atom. The van der Waals surface area contributed by atoms with E-state index in [0.29, 0.717) is 6.42 Å². The SMILES string of the molecule is CCCC(=O)c1ccc(NC)c(S)c1. The van der Waals surface area contributed by atoms with E-state index in [1.54, 1.807) is 0 Å². The standard InChI is InChI=1S/C11H15NOS/c1-3-4-10(13)8-5-6-9(12-2)11(14)7-8/h5-7,12,14H,3-4H2,1-2H3. The van der Waals surface area contributed by atoms with E-state index in [9.17, 15) is 4.79 Å². The molecule has 0 amide bonds. The Morgan fingerprint density at radius 2 is 2.21 bits per heavy atom. The highest BCUT2D eigenvalue weighted by atomic mass is 32.1. The van der Waals surface area contributed by atoms with E-state index in [0.717, 1.165) is 22.6 Å². The minimum atomic E-state index is 0.186. The molecule has 0 aromatic heterocycles. The van der Waals surface area contributed by atoms with Gasteiger partial charge in [-0.1, -0.05) is 6.92 Å². The molecule has 0 aliphatic carbocycles. The van der Waals surface area contributed by atoms with Crippen LogP contribution in [0, 0.1) is 0 Å². The molecule has 0 aliphatic rings. The van der Waals surface area contributed by atoms with Gasteiger partial charge in [-0.25, -0.2) is 0 Å². The van der Waals surface area contributed by atoms with Crippen molar-refractivity contribution in [2.24, 2.45) is 0 Å². The van der Waals surface area contributed by atoms with E-state index >= 15 is 0 Å². The summed E-state index contributed by atoms with van der Waals surface area (Å²) in [5.41, 5.74) is 1.69. The van der Waals surface area contributed by atoms with Gasteiger partial charge in [-0.3, -0.25) is 4.79 Å². The Morgan fingerprint density at radius 3 is 2.71 bits per heavy atom. The zero-order valence-electron chi connectivity index (χ0n) is 8.50. The first-order valence-electron chi connectivity index (χ1n) is 4.73. The van der Waals surface area contributed by atoms with Crippen LogP contribution < -0.4 is 5.32 Å². The summed E-state index contributed by atoms with van der Waals surface area (Å²) in [6.07, 6.45) is 1.49. The second-order valence-corrected chi connectivity index (χ2v) is 3.64. The van der Waals surface area contributed by atoms with E-state index in [2.05, 4.69) is 17.9 Å². The lowest BCUT2D eigenvalue weighted by atomic mass is 10.1. The molecule has 1 aromatic rings. The number of benzene rings is 1. The van der Waals surface area contributed by atoms with Crippen molar-refractivity contribution in [2.45, 2.75) is 24.7 Å². The third-order valence-electron chi connectivity index (χ3n) is 2.07. The second-order valence-electron chi connectivity index (χ2n) is 3.16. The minimum Gasteiger partial charge on any atom is -0.387 e. The normalized spacial score (nSPS) is 9.93. The van der Waals surface area contributed by atoms with Crippen LogP contribution in [0.25, 0.3) is 0 Å². The van der Waals surface area contributed by atoms with Gasteiger partial charge in [0.05, 0.1) is 0 Å². The summed E-state index contributed by atoms with van der Waals surface area (Å²) in [6.45, 7) is 2.00. The fraction of sp³-hybridized carbons (Fsp3) is 0.364. The Bertz CT molecular complexity index is 336. The molecule has 2 nitrogen and oxygen atoms in total. The van der Waals surface area contributed by atoms with Gasteiger partial charge >= 0.3 is 0 Å². The van der Waals surface area contributed by atoms with Crippen LogP contribution in [0.3, 0.4) is 0 Å². The monoisotopic (exact) mass is 209 g/mol. The van der Waals surface area contributed by atoms with Crippen LogP contribution in [0.15, 0.2) is 23.1 Å². The minimum absolute atomic E-state index is 0.186. The summed E-state index contributed by atoms with van der Waals surface area (Å²) >= 11 is 4.30. The number of nitrogens with one attached hydrogen (secondary N) is 1. The molecule has 0 heterocycles. The number of ketones is 1. The van der Waals surface area contributed by atoms with E-state index in [1.807, 2.05) is 32.2 Å². The first-order chi connectivity index (χ1) is 6.69. The molecule has 0 saturated carbocycles. The highest BCUT2D eigenvalue weighted by molar-refractivity contribution is 7.80. The lowest BCUT2D eigenvalue weighted by Crippen LogP contribution is -1.99. The maximum Gasteiger partial charge on any atom is 0.162 e. The average molecular weight is 209 g/mol. The average Bonchev–Trinajstić information content (AvgIpc) is 2.18. The van der Waals surface area contributed by atoms with Gasteiger partial charge in [0.1, 0.15) is 0 Å². The summed E-state index contributed by atoms with van der Waals surface area (Å²) in [7, 11) is 1.84. The Kier molecular flexibility index (Phi) is 4.01. The molecule has 0 aliphatic heterocycles. The van der Waals surface area contributed by atoms with Gasteiger partial charge in [0, 0.05) is 29.6 Å². The van der Waals surface area contributed by atoms with Crippen LogP contribution in [0.1, 0.15) is 30.1 Å². The van der Waals surface area contributed by atoms with Crippen LogP contribution in [0.5, 0.6) is 0 Å². The Balaban J connectivity index is 2.91. The van der Waals surface area contributed by atoms with Crippen LogP contribution in [-0.4, -0.2) is 12.8 Å².